The number of nitrogens with zero attached hydrogens (tertiary/aromatic N) is 4. The number of hydrogen-bond donors (Lipinski definition) is 1. The Morgan fingerprint density at radius 2 is 2.00 bits per heavy atom. The van der Waals surface area contributed by atoms with E-state index in [4.69, 9.17) is 4.74 Å². The summed E-state index contributed by atoms with van der Waals surface area (Å²) in [5.74, 6) is 0.796. The third kappa shape index (κ3) is 3.40. The number of carbonyl (C=O) groups excluding carboxylic acids is 1. The first-order valence-electron chi connectivity index (χ1n) is 9.47. The number of nitrogens with one attached hydrogen (secondary N) is 1. The van der Waals surface area contributed by atoms with E-state index in [0.717, 1.165) is 46.8 Å². The molecule has 0 unspecified atom stereocenters. The molecule has 1 amide bonds. The van der Waals surface area contributed by atoms with Crippen LogP contribution in [0.15, 0.2) is 30.3 Å². The second kappa shape index (κ2) is 7.14. The molecule has 28 heavy (non-hydrogen) atoms. The lowest BCUT2D eigenvalue weighted by atomic mass is 10.1. The van der Waals surface area contributed by atoms with Gasteiger partial charge in [0.25, 0.3) is 5.91 Å². The lowest BCUT2D eigenvalue weighted by molar-refractivity contribution is 0.0724. The van der Waals surface area contributed by atoms with Crippen molar-refractivity contribution in [2.24, 2.45) is 7.05 Å². The summed E-state index contributed by atoms with van der Waals surface area (Å²) >= 11 is 0. The van der Waals surface area contributed by atoms with Gasteiger partial charge < -0.3 is 9.64 Å². The minimum Gasteiger partial charge on any atom is -0.497 e. The van der Waals surface area contributed by atoms with Crippen LogP contribution in [0.2, 0.25) is 0 Å². The SMILES string of the molecule is COc1ccc(CN(C(=O)c2cc(-c3c(C)nn(C)c3C)n[nH]2)C2CC2)cc1. The molecule has 0 bridgehead atoms. The van der Waals surface area contributed by atoms with Crippen molar-refractivity contribution in [2.75, 3.05) is 7.11 Å². The largest absolute Gasteiger partial charge is 0.497 e. The van der Waals surface area contributed by atoms with Gasteiger partial charge in [0, 0.05) is 30.9 Å². The molecule has 7 heteroatoms. The number of hydrogen-bond acceptors (Lipinski definition) is 4. The van der Waals surface area contributed by atoms with Crippen LogP contribution in [0.3, 0.4) is 0 Å². The molecule has 0 aliphatic heterocycles. The number of methoxy groups -OCH3 is 1. The Kier molecular flexibility index (Phi) is 4.66. The maximum absolute atomic E-state index is 13.2. The van der Waals surface area contributed by atoms with Crippen molar-refractivity contribution in [3.8, 4) is 17.0 Å². The molecule has 1 aliphatic carbocycles. The molecule has 7 nitrogen and oxygen atoms in total. The molecule has 0 radical (unpaired) electrons. The lowest BCUT2D eigenvalue weighted by Crippen LogP contribution is -2.32. The third-order valence-electron chi connectivity index (χ3n) is 5.33. The van der Waals surface area contributed by atoms with E-state index in [-0.39, 0.29) is 5.91 Å². The van der Waals surface area contributed by atoms with Crippen LogP contribution in [0, 0.1) is 13.8 Å². The molecule has 4 rings (SSSR count). The number of rotatable bonds is 6. The number of amides is 1. The van der Waals surface area contributed by atoms with Crippen molar-refractivity contribution in [1.82, 2.24) is 24.9 Å². The topological polar surface area (TPSA) is 76.0 Å². The molecule has 1 N–H and O–H groups in total. The first-order chi connectivity index (χ1) is 13.5. The van der Waals surface area contributed by atoms with Gasteiger partial charge in [-0.2, -0.15) is 10.2 Å². The summed E-state index contributed by atoms with van der Waals surface area (Å²) in [4.78, 5) is 15.1. The van der Waals surface area contributed by atoms with E-state index >= 15 is 0 Å². The van der Waals surface area contributed by atoms with Gasteiger partial charge >= 0.3 is 0 Å². The van der Waals surface area contributed by atoms with Crippen molar-refractivity contribution in [2.45, 2.75) is 39.3 Å². The molecule has 3 aromatic rings. The zero-order valence-corrected chi connectivity index (χ0v) is 16.7. The third-order valence-corrected chi connectivity index (χ3v) is 5.33. The van der Waals surface area contributed by atoms with Crippen LogP contribution in [-0.4, -0.2) is 43.9 Å². The second-order valence-corrected chi connectivity index (χ2v) is 7.35. The normalized spacial score (nSPS) is 13.6. The van der Waals surface area contributed by atoms with Crippen LogP contribution in [0.4, 0.5) is 0 Å². The van der Waals surface area contributed by atoms with E-state index in [1.807, 2.05) is 60.8 Å². The maximum atomic E-state index is 13.2. The molecule has 0 atom stereocenters. The smallest absolute Gasteiger partial charge is 0.272 e. The van der Waals surface area contributed by atoms with E-state index < -0.39 is 0 Å². The summed E-state index contributed by atoms with van der Waals surface area (Å²) in [6, 6.07) is 9.98. The zero-order valence-electron chi connectivity index (χ0n) is 16.7. The van der Waals surface area contributed by atoms with Gasteiger partial charge in [-0.3, -0.25) is 14.6 Å². The van der Waals surface area contributed by atoms with Gasteiger partial charge in [-0.05, 0) is 50.5 Å². The van der Waals surface area contributed by atoms with Crippen LogP contribution in [0.25, 0.3) is 11.3 Å². The van der Waals surface area contributed by atoms with E-state index in [1.54, 1.807) is 7.11 Å². The highest BCUT2D eigenvalue weighted by molar-refractivity contribution is 5.94. The standard InChI is InChI=1S/C21H25N5O2/c1-13-20(14(2)25(3)24-13)18-11-19(23-22-18)21(27)26(16-7-8-16)12-15-5-9-17(28-4)10-6-15/h5-6,9-11,16H,7-8,12H2,1-4H3,(H,22,23). The highest BCUT2D eigenvalue weighted by Crippen LogP contribution is 2.31. The van der Waals surface area contributed by atoms with Crippen LogP contribution in [-0.2, 0) is 13.6 Å². The van der Waals surface area contributed by atoms with Gasteiger partial charge in [0.1, 0.15) is 11.4 Å². The summed E-state index contributed by atoms with van der Waals surface area (Å²) in [6.45, 7) is 4.54. The van der Waals surface area contributed by atoms with Crippen LogP contribution < -0.4 is 4.74 Å². The molecule has 146 valence electrons. The Morgan fingerprint density at radius 1 is 1.29 bits per heavy atom. The van der Waals surface area contributed by atoms with Crippen molar-refractivity contribution < 1.29 is 9.53 Å². The molecule has 1 aliphatic rings. The summed E-state index contributed by atoms with van der Waals surface area (Å²) in [5, 5.41) is 11.8. The highest BCUT2D eigenvalue weighted by Gasteiger charge is 2.34. The number of ether oxygens (including phenoxy) is 1. The summed E-state index contributed by atoms with van der Waals surface area (Å²) in [7, 11) is 3.56. The Morgan fingerprint density at radius 3 is 2.57 bits per heavy atom. The quantitative estimate of drug-likeness (QED) is 0.713. The monoisotopic (exact) mass is 379 g/mol. The molecule has 2 aromatic heterocycles. The molecule has 1 fully saturated rings. The molecule has 0 saturated heterocycles. The van der Waals surface area contributed by atoms with E-state index in [9.17, 15) is 4.79 Å². The van der Waals surface area contributed by atoms with Gasteiger partial charge in [-0.25, -0.2) is 0 Å². The maximum Gasteiger partial charge on any atom is 0.272 e. The van der Waals surface area contributed by atoms with Crippen molar-refractivity contribution in [3.05, 3.63) is 53.0 Å². The van der Waals surface area contributed by atoms with Crippen LogP contribution >= 0.6 is 0 Å². The average molecular weight is 379 g/mol. The summed E-state index contributed by atoms with van der Waals surface area (Å²) < 4.78 is 7.05. The first-order valence-corrected chi connectivity index (χ1v) is 9.47. The summed E-state index contributed by atoms with van der Waals surface area (Å²) in [5.41, 5.74) is 5.26. The van der Waals surface area contributed by atoms with Gasteiger partial charge in [0.2, 0.25) is 0 Å². The number of H-pyrrole nitrogens is 1. The predicted molar refractivity (Wildman–Crippen MR) is 106 cm³/mol. The fourth-order valence-corrected chi connectivity index (χ4v) is 3.54. The second-order valence-electron chi connectivity index (χ2n) is 7.35. The van der Waals surface area contributed by atoms with Crippen LogP contribution in [0.5, 0.6) is 5.75 Å². The van der Waals surface area contributed by atoms with E-state index in [2.05, 4.69) is 15.3 Å². The minimum absolute atomic E-state index is 0.0173. The zero-order chi connectivity index (χ0) is 19.8. The van der Waals surface area contributed by atoms with Gasteiger partial charge in [-0.1, -0.05) is 12.1 Å². The summed E-state index contributed by atoms with van der Waals surface area (Å²) in [6.07, 6.45) is 2.09. The van der Waals surface area contributed by atoms with Crippen molar-refractivity contribution in [1.29, 1.82) is 0 Å². The van der Waals surface area contributed by atoms with Gasteiger partial charge in [0.05, 0.1) is 18.5 Å². The average Bonchev–Trinajstić information content (AvgIpc) is 3.36. The number of aryl methyl sites for hydroxylation is 2. The lowest BCUT2D eigenvalue weighted by Gasteiger charge is -2.22. The number of carbonyl (C=O) groups is 1. The fourth-order valence-electron chi connectivity index (χ4n) is 3.54. The Hall–Kier alpha value is -3.09. The van der Waals surface area contributed by atoms with Crippen molar-refractivity contribution >= 4 is 5.91 Å². The number of benzene rings is 1. The van der Waals surface area contributed by atoms with Crippen molar-refractivity contribution in [3.63, 3.8) is 0 Å². The molecular weight excluding hydrogens is 354 g/mol. The molecule has 1 aromatic carbocycles. The Bertz CT molecular complexity index is 998. The molecular formula is C21H25N5O2. The van der Waals surface area contributed by atoms with E-state index in [1.165, 1.54) is 0 Å². The predicted octanol–water partition coefficient (Wildman–Crippen LogP) is 3.24. The van der Waals surface area contributed by atoms with Gasteiger partial charge in [0.15, 0.2) is 0 Å². The molecule has 2 heterocycles. The molecule has 1 saturated carbocycles. The van der Waals surface area contributed by atoms with E-state index in [0.29, 0.717) is 18.3 Å². The minimum atomic E-state index is -0.0173. The first kappa shape index (κ1) is 18.3. The molecule has 0 spiro atoms. The highest BCUT2D eigenvalue weighted by atomic mass is 16.5. The number of aromatic nitrogens is 4. The van der Waals surface area contributed by atoms with Crippen LogP contribution in [0.1, 0.15) is 40.3 Å². The Labute approximate surface area is 164 Å². The number of aromatic amines is 1. The Balaban J connectivity index is 1.57. The van der Waals surface area contributed by atoms with Gasteiger partial charge in [-0.15, -0.1) is 0 Å². The fraction of sp³-hybridized carbons (Fsp3) is 0.381.